The Kier molecular flexibility index (Phi) is 5.58. The van der Waals surface area contributed by atoms with E-state index in [0.717, 1.165) is 44.2 Å². The minimum absolute atomic E-state index is 0.0179. The number of piperazine rings is 1. The Hall–Kier alpha value is -1.52. The van der Waals surface area contributed by atoms with Gasteiger partial charge in [-0.05, 0) is 55.2 Å². The van der Waals surface area contributed by atoms with Crippen molar-refractivity contribution in [3.63, 3.8) is 0 Å². The lowest BCUT2D eigenvalue weighted by Crippen LogP contribution is -2.49. The molecule has 0 aromatic heterocycles. The molecular weight excluding hydrogens is 408 g/mol. The van der Waals surface area contributed by atoms with Crippen molar-refractivity contribution in [1.29, 1.82) is 0 Å². The number of ether oxygens (including phenoxy) is 1. The van der Waals surface area contributed by atoms with Gasteiger partial charge < -0.3 is 9.64 Å². The van der Waals surface area contributed by atoms with E-state index < -0.39 is 0 Å². The quantitative estimate of drug-likeness (QED) is 0.482. The fraction of sp³-hybridized carbons (Fsp3) is 0.654. The van der Waals surface area contributed by atoms with Crippen molar-refractivity contribution >= 4 is 23.3 Å². The zero-order chi connectivity index (χ0) is 21.8. The summed E-state index contributed by atoms with van der Waals surface area (Å²) in [4.78, 5) is 17.8. The number of rotatable bonds is 3. The van der Waals surface area contributed by atoms with E-state index in [9.17, 15) is 4.79 Å². The highest BCUT2D eigenvalue weighted by Gasteiger charge is 2.52. The van der Waals surface area contributed by atoms with Crippen LogP contribution in [0.2, 0.25) is 5.02 Å². The van der Waals surface area contributed by atoms with Crippen LogP contribution in [0.25, 0.3) is 0 Å². The molecule has 2 saturated heterocycles. The zero-order valence-electron chi connectivity index (χ0n) is 19.1. The zero-order valence-corrected chi connectivity index (χ0v) is 19.8. The Morgan fingerprint density at radius 2 is 2.00 bits per heavy atom. The van der Waals surface area contributed by atoms with Gasteiger partial charge in [-0.3, -0.25) is 9.69 Å². The lowest BCUT2D eigenvalue weighted by molar-refractivity contribution is -0.145. The first kappa shape index (κ1) is 21.3. The van der Waals surface area contributed by atoms with Crippen molar-refractivity contribution in [1.82, 2.24) is 4.90 Å². The lowest BCUT2D eigenvalue weighted by Gasteiger charge is -2.46. The van der Waals surface area contributed by atoms with Crippen LogP contribution < -0.4 is 4.90 Å². The number of aryl methyl sites for hydroxylation is 1. The molecule has 1 aromatic carbocycles. The summed E-state index contributed by atoms with van der Waals surface area (Å²) in [7, 11) is 0. The van der Waals surface area contributed by atoms with E-state index >= 15 is 0 Å². The maximum atomic E-state index is 12.9. The second-order valence-corrected chi connectivity index (χ2v) is 11.0. The number of carbonyl (C=O) groups excluding carboxylic acids is 1. The Balaban J connectivity index is 1.27. The van der Waals surface area contributed by atoms with Gasteiger partial charge in [0.05, 0.1) is 5.92 Å². The highest BCUT2D eigenvalue weighted by molar-refractivity contribution is 6.30. The number of anilines is 1. The first-order chi connectivity index (χ1) is 14.8. The van der Waals surface area contributed by atoms with Crippen LogP contribution in [0.15, 0.2) is 29.8 Å². The summed E-state index contributed by atoms with van der Waals surface area (Å²) < 4.78 is 5.95. The summed E-state index contributed by atoms with van der Waals surface area (Å²) in [5.74, 6) is 0.898. The SMILES string of the molecule is Cc1ccc(Cl)cc1N1CCN(C[C@@H]2C(=O)O[C@H]3C[C@@]4(C)CCC[C@@H](C)C4=C[C@H]32)CC1. The van der Waals surface area contributed by atoms with Crippen molar-refractivity contribution in [2.75, 3.05) is 37.6 Å². The van der Waals surface area contributed by atoms with Crippen molar-refractivity contribution in [3.8, 4) is 0 Å². The van der Waals surface area contributed by atoms with E-state index in [2.05, 4.69) is 48.8 Å². The number of benzene rings is 1. The van der Waals surface area contributed by atoms with Gasteiger partial charge in [-0.1, -0.05) is 49.6 Å². The summed E-state index contributed by atoms with van der Waals surface area (Å²) in [6.45, 7) is 11.6. The van der Waals surface area contributed by atoms with E-state index in [-0.39, 0.29) is 29.3 Å². The van der Waals surface area contributed by atoms with Gasteiger partial charge >= 0.3 is 5.97 Å². The average Bonchev–Trinajstić information content (AvgIpc) is 3.02. The number of halogens is 1. The number of hydrogen-bond acceptors (Lipinski definition) is 4. The Labute approximate surface area is 191 Å². The number of hydrogen-bond donors (Lipinski definition) is 0. The second kappa shape index (κ2) is 8.12. The maximum Gasteiger partial charge on any atom is 0.311 e. The maximum absolute atomic E-state index is 12.9. The molecule has 0 radical (unpaired) electrons. The van der Waals surface area contributed by atoms with Gasteiger partial charge in [0.1, 0.15) is 6.10 Å². The third-order valence-electron chi connectivity index (χ3n) is 8.42. The Morgan fingerprint density at radius 3 is 2.77 bits per heavy atom. The minimum Gasteiger partial charge on any atom is -0.461 e. The minimum atomic E-state index is -0.0179. The van der Waals surface area contributed by atoms with Crippen molar-refractivity contribution < 1.29 is 9.53 Å². The van der Waals surface area contributed by atoms with Crippen LogP contribution in [0, 0.1) is 30.1 Å². The summed E-state index contributed by atoms with van der Waals surface area (Å²) in [6, 6.07) is 6.12. The monoisotopic (exact) mass is 442 g/mol. The molecule has 2 aliphatic heterocycles. The van der Waals surface area contributed by atoms with E-state index in [1.807, 2.05) is 6.07 Å². The molecule has 2 aliphatic carbocycles. The molecule has 4 nitrogen and oxygen atoms in total. The molecule has 168 valence electrons. The number of carbonyl (C=O) groups is 1. The predicted octanol–water partition coefficient (Wildman–Crippen LogP) is 5.08. The van der Waals surface area contributed by atoms with Crippen molar-refractivity contribution in [3.05, 3.63) is 40.4 Å². The van der Waals surface area contributed by atoms with Crippen LogP contribution in [-0.4, -0.2) is 49.7 Å². The number of nitrogens with zero attached hydrogens (tertiary/aromatic N) is 2. The molecule has 0 spiro atoms. The molecule has 5 atom stereocenters. The normalized spacial score (nSPS) is 35.9. The summed E-state index contributed by atoms with van der Waals surface area (Å²) in [5.41, 5.74) is 4.33. The van der Waals surface area contributed by atoms with E-state index in [4.69, 9.17) is 16.3 Å². The van der Waals surface area contributed by atoms with Gasteiger partial charge in [-0.15, -0.1) is 0 Å². The van der Waals surface area contributed by atoms with E-state index in [0.29, 0.717) is 5.92 Å². The molecule has 5 heteroatoms. The van der Waals surface area contributed by atoms with Crippen molar-refractivity contribution in [2.45, 2.75) is 52.6 Å². The van der Waals surface area contributed by atoms with Gasteiger partial charge in [0.25, 0.3) is 0 Å². The molecule has 4 aliphatic rings. The number of fused-ring (bicyclic) bond motifs is 2. The van der Waals surface area contributed by atoms with E-state index in [1.165, 1.54) is 30.5 Å². The van der Waals surface area contributed by atoms with E-state index in [1.54, 1.807) is 5.57 Å². The molecule has 0 amide bonds. The molecule has 5 rings (SSSR count). The molecular formula is C26H35ClN2O2. The fourth-order valence-corrected chi connectivity index (χ4v) is 6.80. The van der Waals surface area contributed by atoms with Crippen LogP contribution in [0.5, 0.6) is 0 Å². The van der Waals surface area contributed by atoms with Crippen LogP contribution in [-0.2, 0) is 9.53 Å². The van der Waals surface area contributed by atoms with Gasteiger partial charge in [0.2, 0.25) is 0 Å². The second-order valence-electron chi connectivity index (χ2n) is 10.6. The Morgan fingerprint density at radius 1 is 1.23 bits per heavy atom. The Bertz CT molecular complexity index is 891. The van der Waals surface area contributed by atoms with Crippen LogP contribution >= 0.6 is 11.6 Å². The standard InChI is InChI=1S/C26H35ClN2O2/c1-17-5-4-8-26(3)15-24-20(14-22(17)26)21(25(30)31-24)16-28-9-11-29(12-10-28)23-13-19(27)7-6-18(23)2/h6-7,13-14,17,20-21,24H,4-5,8-12,15-16H2,1-3H3/t17-,20+,21+,24+,26-/m1/s1. The summed E-state index contributed by atoms with van der Waals surface area (Å²) in [5, 5.41) is 0.789. The number of esters is 1. The fourth-order valence-electron chi connectivity index (χ4n) is 6.63. The molecule has 1 saturated carbocycles. The molecule has 0 bridgehead atoms. The molecule has 0 N–H and O–H groups in total. The van der Waals surface area contributed by atoms with Crippen LogP contribution in [0.1, 0.15) is 45.1 Å². The summed E-state index contributed by atoms with van der Waals surface area (Å²) >= 11 is 6.23. The van der Waals surface area contributed by atoms with Gasteiger partial charge in [-0.25, -0.2) is 0 Å². The third kappa shape index (κ3) is 3.91. The topological polar surface area (TPSA) is 32.8 Å². The molecule has 31 heavy (non-hydrogen) atoms. The van der Waals surface area contributed by atoms with Crippen molar-refractivity contribution in [2.24, 2.45) is 23.2 Å². The highest BCUT2D eigenvalue weighted by atomic mass is 35.5. The molecule has 0 unspecified atom stereocenters. The average molecular weight is 443 g/mol. The lowest BCUT2D eigenvalue weighted by atomic mass is 9.59. The first-order valence-corrected chi connectivity index (χ1v) is 12.4. The predicted molar refractivity (Wildman–Crippen MR) is 126 cm³/mol. The summed E-state index contributed by atoms with van der Waals surface area (Å²) in [6.07, 6.45) is 7.37. The molecule has 1 aromatic rings. The molecule has 3 fully saturated rings. The smallest absolute Gasteiger partial charge is 0.311 e. The van der Waals surface area contributed by atoms with Gasteiger partial charge in [-0.2, -0.15) is 0 Å². The van der Waals surface area contributed by atoms with Crippen LogP contribution in [0.3, 0.4) is 0 Å². The van der Waals surface area contributed by atoms with Crippen LogP contribution in [0.4, 0.5) is 5.69 Å². The molecule has 2 heterocycles. The number of allylic oxidation sites excluding steroid dienone is 1. The van der Waals surface area contributed by atoms with Gasteiger partial charge in [0, 0.05) is 49.4 Å². The third-order valence-corrected chi connectivity index (χ3v) is 8.66. The first-order valence-electron chi connectivity index (χ1n) is 12.0. The largest absolute Gasteiger partial charge is 0.461 e. The van der Waals surface area contributed by atoms with Gasteiger partial charge in [0.15, 0.2) is 0 Å². The highest BCUT2D eigenvalue weighted by Crippen LogP contribution is 2.54.